The van der Waals surface area contributed by atoms with Crippen molar-refractivity contribution in [3.8, 4) is 0 Å². The molecule has 0 saturated carbocycles. The highest BCUT2D eigenvalue weighted by Crippen LogP contribution is 2.26. The van der Waals surface area contributed by atoms with E-state index in [0.717, 1.165) is 57.2 Å². The molecule has 6 nitrogen and oxygen atoms in total. The molecule has 1 aliphatic rings. The van der Waals surface area contributed by atoms with Crippen molar-refractivity contribution in [1.82, 2.24) is 9.88 Å². The van der Waals surface area contributed by atoms with Gasteiger partial charge in [-0.1, -0.05) is 12.1 Å². The largest absolute Gasteiger partial charge is 0.378 e. The summed E-state index contributed by atoms with van der Waals surface area (Å²) in [5.74, 6) is 0.0477. The van der Waals surface area contributed by atoms with Gasteiger partial charge in [-0.3, -0.25) is 9.78 Å². The van der Waals surface area contributed by atoms with Crippen molar-refractivity contribution < 1.29 is 9.53 Å². The maximum Gasteiger partial charge on any atom is 0.225 e. The van der Waals surface area contributed by atoms with E-state index < -0.39 is 0 Å². The number of benzene rings is 1. The first-order valence-corrected chi connectivity index (χ1v) is 9.51. The minimum absolute atomic E-state index is 0.0477. The van der Waals surface area contributed by atoms with Gasteiger partial charge in [0.2, 0.25) is 5.91 Å². The lowest BCUT2D eigenvalue weighted by Crippen LogP contribution is -2.36. The zero-order chi connectivity index (χ0) is 18.9. The molecule has 0 unspecified atom stereocenters. The van der Waals surface area contributed by atoms with Crippen LogP contribution in [0.5, 0.6) is 0 Å². The highest BCUT2D eigenvalue weighted by Gasteiger charge is 2.15. The van der Waals surface area contributed by atoms with E-state index in [4.69, 9.17) is 4.74 Å². The van der Waals surface area contributed by atoms with E-state index in [1.165, 1.54) is 5.56 Å². The van der Waals surface area contributed by atoms with Gasteiger partial charge < -0.3 is 19.9 Å². The van der Waals surface area contributed by atoms with E-state index in [1.807, 2.05) is 42.7 Å². The monoisotopic (exact) mass is 368 g/mol. The zero-order valence-electron chi connectivity index (χ0n) is 15.9. The molecular weight excluding hydrogens is 340 g/mol. The Balaban J connectivity index is 1.46. The Labute approximate surface area is 161 Å². The summed E-state index contributed by atoms with van der Waals surface area (Å²) in [6.07, 6.45) is 5.06. The number of hydrogen-bond donors (Lipinski definition) is 1. The summed E-state index contributed by atoms with van der Waals surface area (Å²) in [4.78, 5) is 20.9. The number of morpholine rings is 1. The average molecular weight is 368 g/mol. The topological polar surface area (TPSA) is 57.7 Å². The SMILES string of the molecule is CN(CCC(=O)Nc1ccccc1N1CCOCC1)CCc1ccncc1. The first-order valence-electron chi connectivity index (χ1n) is 9.51. The van der Waals surface area contributed by atoms with E-state index in [-0.39, 0.29) is 5.91 Å². The molecule has 1 N–H and O–H groups in total. The number of carbonyl (C=O) groups excluding carboxylic acids is 1. The first kappa shape index (κ1) is 19.3. The van der Waals surface area contributed by atoms with Gasteiger partial charge in [-0.2, -0.15) is 0 Å². The van der Waals surface area contributed by atoms with Crippen molar-refractivity contribution in [2.75, 3.05) is 56.7 Å². The van der Waals surface area contributed by atoms with Crippen molar-refractivity contribution in [2.45, 2.75) is 12.8 Å². The molecule has 3 rings (SSSR count). The molecule has 1 aromatic carbocycles. The fraction of sp³-hybridized carbons (Fsp3) is 0.429. The van der Waals surface area contributed by atoms with Gasteiger partial charge in [-0.05, 0) is 43.3 Å². The van der Waals surface area contributed by atoms with E-state index in [1.54, 1.807) is 0 Å². The number of amides is 1. The third-order valence-corrected chi connectivity index (χ3v) is 4.78. The predicted octanol–water partition coefficient (Wildman–Crippen LogP) is 2.42. The molecule has 1 amide bonds. The number of ether oxygens (including phenoxy) is 1. The Morgan fingerprint density at radius 1 is 1.15 bits per heavy atom. The van der Waals surface area contributed by atoms with Crippen LogP contribution in [0.15, 0.2) is 48.8 Å². The third-order valence-electron chi connectivity index (χ3n) is 4.78. The maximum absolute atomic E-state index is 12.4. The van der Waals surface area contributed by atoms with Crippen LogP contribution in [0.2, 0.25) is 0 Å². The number of para-hydroxylation sites is 2. The summed E-state index contributed by atoms with van der Waals surface area (Å²) < 4.78 is 5.42. The van der Waals surface area contributed by atoms with E-state index >= 15 is 0 Å². The molecule has 27 heavy (non-hydrogen) atoms. The Bertz CT molecular complexity index is 717. The summed E-state index contributed by atoms with van der Waals surface area (Å²) in [7, 11) is 2.05. The second-order valence-corrected chi connectivity index (χ2v) is 6.82. The van der Waals surface area contributed by atoms with Crippen LogP contribution < -0.4 is 10.2 Å². The number of anilines is 2. The average Bonchev–Trinajstić information content (AvgIpc) is 2.72. The number of carbonyl (C=O) groups is 1. The minimum Gasteiger partial charge on any atom is -0.378 e. The van der Waals surface area contributed by atoms with Crippen LogP contribution in [0.4, 0.5) is 11.4 Å². The van der Waals surface area contributed by atoms with Gasteiger partial charge in [0.25, 0.3) is 0 Å². The van der Waals surface area contributed by atoms with Crippen molar-refractivity contribution in [3.05, 3.63) is 54.4 Å². The van der Waals surface area contributed by atoms with E-state index in [0.29, 0.717) is 6.42 Å². The smallest absolute Gasteiger partial charge is 0.225 e. The fourth-order valence-electron chi connectivity index (χ4n) is 3.15. The molecule has 0 atom stereocenters. The first-order chi connectivity index (χ1) is 13.2. The third kappa shape index (κ3) is 6.05. The zero-order valence-corrected chi connectivity index (χ0v) is 15.9. The summed E-state index contributed by atoms with van der Waals surface area (Å²) in [5, 5.41) is 3.08. The summed E-state index contributed by atoms with van der Waals surface area (Å²) in [6, 6.07) is 12.1. The number of hydrogen-bond acceptors (Lipinski definition) is 5. The molecule has 0 spiro atoms. The highest BCUT2D eigenvalue weighted by molar-refractivity contribution is 5.94. The van der Waals surface area contributed by atoms with Gasteiger partial charge in [0.15, 0.2) is 0 Å². The molecular formula is C21H28N4O2. The number of likely N-dealkylation sites (N-methyl/N-ethyl adjacent to an activating group) is 1. The standard InChI is InChI=1S/C21H28N4O2/c1-24(12-8-18-6-10-22-11-7-18)13-9-21(26)23-19-4-2-3-5-20(19)25-14-16-27-17-15-25/h2-7,10-11H,8-9,12-17H2,1H3,(H,23,26). The van der Waals surface area contributed by atoms with Crippen LogP contribution in [0.1, 0.15) is 12.0 Å². The Morgan fingerprint density at radius 3 is 2.67 bits per heavy atom. The molecule has 144 valence electrons. The normalized spacial score (nSPS) is 14.4. The Kier molecular flexibility index (Phi) is 7.19. The number of aromatic nitrogens is 1. The molecule has 2 aromatic rings. The molecule has 2 heterocycles. The molecule has 6 heteroatoms. The second kappa shape index (κ2) is 10.0. The second-order valence-electron chi connectivity index (χ2n) is 6.82. The maximum atomic E-state index is 12.4. The van der Waals surface area contributed by atoms with Gasteiger partial charge in [-0.25, -0.2) is 0 Å². The molecule has 1 saturated heterocycles. The van der Waals surface area contributed by atoms with Crippen LogP contribution >= 0.6 is 0 Å². The predicted molar refractivity (Wildman–Crippen MR) is 108 cm³/mol. The lowest BCUT2D eigenvalue weighted by atomic mass is 10.2. The van der Waals surface area contributed by atoms with E-state index in [2.05, 4.69) is 33.2 Å². The van der Waals surface area contributed by atoms with Gasteiger partial charge in [0.05, 0.1) is 24.6 Å². The summed E-state index contributed by atoms with van der Waals surface area (Å²) in [5.41, 5.74) is 3.21. The molecule has 0 aliphatic carbocycles. The Morgan fingerprint density at radius 2 is 1.89 bits per heavy atom. The number of nitrogens with one attached hydrogen (secondary N) is 1. The number of nitrogens with zero attached hydrogens (tertiary/aromatic N) is 3. The van der Waals surface area contributed by atoms with Crippen LogP contribution in [0.3, 0.4) is 0 Å². The van der Waals surface area contributed by atoms with Gasteiger partial charge in [-0.15, -0.1) is 0 Å². The van der Waals surface area contributed by atoms with Crippen LogP contribution in [0, 0.1) is 0 Å². The van der Waals surface area contributed by atoms with Gasteiger partial charge in [0, 0.05) is 45.0 Å². The van der Waals surface area contributed by atoms with Crippen LogP contribution in [-0.4, -0.2) is 62.2 Å². The number of rotatable bonds is 8. The quantitative estimate of drug-likeness (QED) is 0.775. The molecule has 0 bridgehead atoms. The summed E-state index contributed by atoms with van der Waals surface area (Å²) in [6.45, 7) is 4.81. The lowest BCUT2D eigenvalue weighted by molar-refractivity contribution is -0.116. The Hall–Kier alpha value is -2.44. The van der Waals surface area contributed by atoms with Gasteiger partial charge in [0.1, 0.15) is 0 Å². The molecule has 1 aromatic heterocycles. The van der Waals surface area contributed by atoms with Crippen LogP contribution in [-0.2, 0) is 16.0 Å². The molecule has 1 fully saturated rings. The van der Waals surface area contributed by atoms with Crippen molar-refractivity contribution >= 4 is 17.3 Å². The lowest BCUT2D eigenvalue weighted by Gasteiger charge is -2.30. The van der Waals surface area contributed by atoms with E-state index in [9.17, 15) is 4.79 Å². The highest BCUT2D eigenvalue weighted by atomic mass is 16.5. The molecule has 1 aliphatic heterocycles. The van der Waals surface area contributed by atoms with Crippen molar-refractivity contribution in [1.29, 1.82) is 0 Å². The molecule has 0 radical (unpaired) electrons. The van der Waals surface area contributed by atoms with Gasteiger partial charge >= 0.3 is 0 Å². The number of pyridine rings is 1. The van der Waals surface area contributed by atoms with Crippen LogP contribution in [0.25, 0.3) is 0 Å². The minimum atomic E-state index is 0.0477. The van der Waals surface area contributed by atoms with Crippen molar-refractivity contribution in [3.63, 3.8) is 0 Å². The van der Waals surface area contributed by atoms with Crippen molar-refractivity contribution in [2.24, 2.45) is 0 Å². The summed E-state index contributed by atoms with van der Waals surface area (Å²) >= 11 is 0. The fourth-order valence-corrected chi connectivity index (χ4v) is 3.15.